The van der Waals surface area contributed by atoms with Gasteiger partial charge in [-0.2, -0.15) is 0 Å². The van der Waals surface area contributed by atoms with E-state index >= 15 is 0 Å². The molecule has 0 unspecified atom stereocenters. The number of rotatable bonds is 6. The molecule has 0 atom stereocenters. The lowest BCUT2D eigenvalue weighted by Gasteiger charge is -2.20. The third kappa shape index (κ3) is 4.23. The first-order chi connectivity index (χ1) is 13.7. The molecule has 0 spiro atoms. The Hall–Kier alpha value is -3.12. The minimum atomic E-state index is -0.414. The number of benzene rings is 2. The van der Waals surface area contributed by atoms with Crippen molar-refractivity contribution in [2.75, 3.05) is 6.79 Å². The Morgan fingerprint density at radius 3 is 2.82 bits per heavy atom. The molecule has 0 N–H and O–H groups in total. The zero-order chi connectivity index (χ0) is 19.3. The molecule has 1 aliphatic heterocycles. The average molecular weight is 382 g/mol. The van der Waals surface area contributed by atoms with Crippen LogP contribution in [0.4, 0.5) is 4.39 Å². The standard InChI is InChI=1S/C22H19FO5/c23-18-10-16-12-25-14-27-22(16)17(11-18)13-26-21(24)9-7-19-6-8-20(28-19)15-4-2-1-3-5-15/h1-6,8,10-11H,7,9,12-14H2. The fourth-order valence-corrected chi connectivity index (χ4v) is 3.09. The van der Waals surface area contributed by atoms with Crippen molar-refractivity contribution < 1.29 is 27.8 Å². The summed E-state index contributed by atoms with van der Waals surface area (Å²) in [4.78, 5) is 12.1. The van der Waals surface area contributed by atoms with E-state index in [0.29, 0.717) is 29.1 Å². The smallest absolute Gasteiger partial charge is 0.306 e. The molecule has 0 aliphatic carbocycles. The van der Waals surface area contributed by atoms with Crippen LogP contribution in [0.25, 0.3) is 11.3 Å². The molecule has 0 saturated carbocycles. The van der Waals surface area contributed by atoms with Crippen molar-refractivity contribution in [3.63, 3.8) is 0 Å². The molecule has 0 fully saturated rings. The lowest BCUT2D eigenvalue weighted by molar-refractivity contribution is -0.145. The number of fused-ring (bicyclic) bond motifs is 1. The van der Waals surface area contributed by atoms with Gasteiger partial charge in [0.2, 0.25) is 0 Å². The number of carbonyl (C=O) groups excluding carboxylic acids is 1. The molecule has 6 heteroatoms. The average Bonchev–Trinajstić information content (AvgIpc) is 3.20. The summed E-state index contributed by atoms with van der Waals surface area (Å²) in [7, 11) is 0. The minimum absolute atomic E-state index is 0.0493. The summed E-state index contributed by atoms with van der Waals surface area (Å²) < 4.78 is 35.4. The van der Waals surface area contributed by atoms with Crippen LogP contribution in [0.15, 0.2) is 59.0 Å². The zero-order valence-electron chi connectivity index (χ0n) is 15.2. The van der Waals surface area contributed by atoms with Crippen LogP contribution in [-0.2, 0) is 33.9 Å². The number of hydrogen-bond acceptors (Lipinski definition) is 5. The van der Waals surface area contributed by atoms with Crippen LogP contribution in [0.3, 0.4) is 0 Å². The van der Waals surface area contributed by atoms with Crippen molar-refractivity contribution >= 4 is 5.97 Å². The normalized spacial score (nSPS) is 12.9. The first-order valence-corrected chi connectivity index (χ1v) is 9.00. The van der Waals surface area contributed by atoms with E-state index in [1.165, 1.54) is 12.1 Å². The third-order valence-electron chi connectivity index (χ3n) is 4.44. The Balaban J connectivity index is 1.32. The molecule has 28 heavy (non-hydrogen) atoms. The van der Waals surface area contributed by atoms with Crippen molar-refractivity contribution in [2.45, 2.75) is 26.1 Å². The molecule has 5 nitrogen and oxygen atoms in total. The van der Waals surface area contributed by atoms with Crippen LogP contribution < -0.4 is 4.74 Å². The molecule has 0 bridgehead atoms. The van der Waals surface area contributed by atoms with E-state index in [0.717, 1.165) is 11.3 Å². The number of furan rings is 1. The van der Waals surface area contributed by atoms with Crippen LogP contribution >= 0.6 is 0 Å². The molecule has 0 amide bonds. The second kappa shape index (κ2) is 8.27. The largest absolute Gasteiger partial charge is 0.467 e. The second-order valence-corrected chi connectivity index (χ2v) is 6.46. The fourth-order valence-electron chi connectivity index (χ4n) is 3.09. The van der Waals surface area contributed by atoms with Gasteiger partial charge in [-0.05, 0) is 24.3 Å². The summed E-state index contributed by atoms with van der Waals surface area (Å²) in [6.07, 6.45) is 0.598. The van der Waals surface area contributed by atoms with Gasteiger partial charge in [0.05, 0.1) is 13.0 Å². The second-order valence-electron chi connectivity index (χ2n) is 6.46. The third-order valence-corrected chi connectivity index (χ3v) is 4.44. The van der Waals surface area contributed by atoms with Crippen molar-refractivity contribution in [1.29, 1.82) is 0 Å². The lowest BCUT2D eigenvalue weighted by atomic mass is 10.1. The highest BCUT2D eigenvalue weighted by molar-refractivity contribution is 5.69. The van der Waals surface area contributed by atoms with Crippen LogP contribution in [0.2, 0.25) is 0 Å². The fraction of sp³-hybridized carbons (Fsp3) is 0.227. The highest BCUT2D eigenvalue weighted by Gasteiger charge is 2.18. The number of hydrogen-bond donors (Lipinski definition) is 0. The maximum absolute atomic E-state index is 13.7. The van der Waals surface area contributed by atoms with Crippen molar-refractivity contribution in [3.05, 3.63) is 77.3 Å². The van der Waals surface area contributed by atoms with Crippen molar-refractivity contribution in [3.8, 4) is 17.1 Å². The molecule has 0 saturated heterocycles. The summed E-state index contributed by atoms with van der Waals surface area (Å²) in [6, 6.07) is 16.2. The van der Waals surface area contributed by atoms with Gasteiger partial charge in [-0.3, -0.25) is 4.79 Å². The first-order valence-electron chi connectivity index (χ1n) is 9.00. The number of esters is 1. The van der Waals surface area contributed by atoms with Crippen molar-refractivity contribution in [1.82, 2.24) is 0 Å². The Bertz CT molecular complexity index is 964. The maximum atomic E-state index is 13.7. The van der Waals surface area contributed by atoms with Crippen LogP contribution in [-0.4, -0.2) is 12.8 Å². The number of carbonyl (C=O) groups is 1. The van der Waals surface area contributed by atoms with Gasteiger partial charge >= 0.3 is 5.97 Å². The van der Waals surface area contributed by atoms with E-state index < -0.39 is 5.82 Å². The zero-order valence-corrected chi connectivity index (χ0v) is 15.2. The number of ether oxygens (including phenoxy) is 3. The van der Waals surface area contributed by atoms with Crippen molar-refractivity contribution in [2.24, 2.45) is 0 Å². The topological polar surface area (TPSA) is 57.9 Å². The number of halogens is 1. The maximum Gasteiger partial charge on any atom is 0.306 e. The van der Waals surface area contributed by atoms with E-state index in [2.05, 4.69) is 0 Å². The van der Waals surface area contributed by atoms with Gasteiger partial charge in [0.1, 0.15) is 29.7 Å². The molecular weight excluding hydrogens is 363 g/mol. The molecule has 2 heterocycles. The SMILES string of the molecule is O=C(CCc1ccc(-c2ccccc2)o1)OCc1cc(F)cc2c1OCOC2. The van der Waals surface area contributed by atoms with E-state index in [9.17, 15) is 9.18 Å². The highest BCUT2D eigenvalue weighted by atomic mass is 19.1. The summed E-state index contributed by atoms with van der Waals surface area (Å²) >= 11 is 0. The summed E-state index contributed by atoms with van der Waals surface area (Å²) in [5, 5.41) is 0. The Labute approximate surface area is 161 Å². The van der Waals surface area contributed by atoms with E-state index in [1.807, 2.05) is 42.5 Å². The molecule has 2 aromatic carbocycles. The van der Waals surface area contributed by atoms with Gasteiger partial charge in [0.15, 0.2) is 6.79 Å². The van der Waals surface area contributed by atoms with Crippen LogP contribution in [0.5, 0.6) is 5.75 Å². The van der Waals surface area contributed by atoms with Gasteiger partial charge in [-0.25, -0.2) is 4.39 Å². The molecule has 1 aromatic heterocycles. The Kier molecular flexibility index (Phi) is 5.39. The summed E-state index contributed by atoms with van der Waals surface area (Å²) in [5.74, 6) is 1.19. The van der Waals surface area contributed by atoms with Gasteiger partial charge < -0.3 is 18.6 Å². The van der Waals surface area contributed by atoms with Crippen LogP contribution in [0.1, 0.15) is 23.3 Å². The molecule has 0 radical (unpaired) electrons. The Morgan fingerprint density at radius 2 is 1.96 bits per heavy atom. The summed E-state index contributed by atoms with van der Waals surface area (Å²) in [6.45, 7) is 0.324. The molecule has 144 valence electrons. The molecular formula is C22H19FO5. The lowest BCUT2D eigenvalue weighted by Crippen LogP contribution is -2.15. The van der Waals surface area contributed by atoms with E-state index in [-0.39, 0.29) is 32.4 Å². The van der Waals surface area contributed by atoms with Gasteiger partial charge in [0.25, 0.3) is 0 Å². The van der Waals surface area contributed by atoms with E-state index in [1.54, 1.807) is 0 Å². The van der Waals surface area contributed by atoms with Gasteiger partial charge in [-0.15, -0.1) is 0 Å². The van der Waals surface area contributed by atoms with Crippen LogP contribution in [0, 0.1) is 5.82 Å². The number of aryl methyl sites for hydroxylation is 1. The van der Waals surface area contributed by atoms with E-state index in [4.69, 9.17) is 18.6 Å². The van der Waals surface area contributed by atoms with Gasteiger partial charge in [-0.1, -0.05) is 30.3 Å². The quantitative estimate of drug-likeness (QED) is 0.582. The Morgan fingerprint density at radius 1 is 1.11 bits per heavy atom. The molecule has 1 aliphatic rings. The predicted molar refractivity (Wildman–Crippen MR) is 98.9 cm³/mol. The highest BCUT2D eigenvalue weighted by Crippen LogP contribution is 2.30. The summed E-state index contributed by atoms with van der Waals surface area (Å²) in [5.41, 5.74) is 2.09. The predicted octanol–water partition coefficient (Wildman–Crippen LogP) is 4.63. The van der Waals surface area contributed by atoms with Gasteiger partial charge in [0, 0.05) is 23.1 Å². The first kappa shape index (κ1) is 18.3. The monoisotopic (exact) mass is 382 g/mol. The minimum Gasteiger partial charge on any atom is -0.467 e. The molecule has 4 rings (SSSR count). The molecule has 3 aromatic rings.